The van der Waals surface area contributed by atoms with Crippen LogP contribution in [0, 0.1) is 39.3 Å². The maximum absolute atomic E-state index is 14.4. The molecule has 0 radical (unpaired) electrons. The fourth-order valence-corrected chi connectivity index (χ4v) is 3.93. The molecule has 1 aromatic rings. The van der Waals surface area contributed by atoms with Gasteiger partial charge in [-0.15, -0.1) is 0 Å². The van der Waals surface area contributed by atoms with E-state index < -0.39 is 28.5 Å². The van der Waals surface area contributed by atoms with E-state index in [0.717, 1.165) is 0 Å². The Labute approximate surface area is 139 Å². The molecule has 7 heteroatoms. The quantitative estimate of drug-likeness (QED) is 0.833. The minimum Gasteiger partial charge on any atom is -0.386 e. The van der Waals surface area contributed by atoms with Gasteiger partial charge in [0.15, 0.2) is 5.41 Å². The standard InChI is InChI=1S/C17H17FN4O2/c1-3-23-17(24-4-2)16(10-20)13(11-7-5-6-8-12(11)18)15(16,9-19)14(21)22-17/h5-8,13H,3-4H2,1-2H3,(H2,21,22)/t13-,15-,16+/m1/s1. The molecular weight excluding hydrogens is 311 g/mol. The van der Waals surface area contributed by atoms with Gasteiger partial charge in [0.25, 0.3) is 5.91 Å². The zero-order chi connectivity index (χ0) is 17.6. The second kappa shape index (κ2) is 5.27. The highest BCUT2D eigenvalue weighted by atomic mass is 19.1. The third kappa shape index (κ3) is 1.56. The molecule has 0 saturated heterocycles. The summed E-state index contributed by atoms with van der Waals surface area (Å²) in [5, 5.41) is 19.8. The molecular formula is C17H17FN4O2. The molecule has 3 rings (SSSR count). The van der Waals surface area contributed by atoms with Gasteiger partial charge in [-0.3, -0.25) is 0 Å². The SMILES string of the molecule is CCOC1(OCC)N=C(N)[C@@]2(C#N)[C@@H](c3ccccc3F)[C@]12C#N. The molecule has 24 heavy (non-hydrogen) atoms. The Morgan fingerprint density at radius 3 is 2.33 bits per heavy atom. The van der Waals surface area contributed by atoms with Crippen LogP contribution in [0.5, 0.6) is 0 Å². The Bertz CT molecular complexity index is 791. The summed E-state index contributed by atoms with van der Waals surface area (Å²) >= 11 is 0. The minimum absolute atomic E-state index is 0.0540. The summed E-state index contributed by atoms with van der Waals surface area (Å²) in [6.07, 6.45) is 0. The van der Waals surface area contributed by atoms with Crippen molar-refractivity contribution in [1.29, 1.82) is 10.5 Å². The normalized spacial score (nSPS) is 32.4. The summed E-state index contributed by atoms with van der Waals surface area (Å²) in [4.78, 5) is 4.20. The van der Waals surface area contributed by atoms with Gasteiger partial charge >= 0.3 is 0 Å². The molecule has 6 nitrogen and oxygen atoms in total. The fourth-order valence-electron chi connectivity index (χ4n) is 3.93. The van der Waals surface area contributed by atoms with Crippen LogP contribution in [0.25, 0.3) is 0 Å². The molecule has 1 aliphatic heterocycles. The van der Waals surface area contributed by atoms with E-state index in [4.69, 9.17) is 15.2 Å². The molecule has 1 aromatic carbocycles. The van der Waals surface area contributed by atoms with E-state index in [1.54, 1.807) is 32.0 Å². The average Bonchev–Trinajstić information content (AvgIpc) is 3.14. The monoisotopic (exact) mass is 328 g/mol. The molecule has 1 aliphatic carbocycles. The number of rotatable bonds is 5. The Balaban J connectivity index is 2.25. The number of nitrogens with zero attached hydrogens (tertiary/aromatic N) is 3. The second-order valence-corrected chi connectivity index (χ2v) is 5.74. The van der Waals surface area contributed by atoms with Crippen LogP contribution in [0.15, 0.2) is 29.3 Å². The fraction of sp³-hybridized carbons (Fsp3) is 0.471. The van der Waals surface area contributed by atoms with Crippen molar-refractivity contribution in [2.75, 3.05) is 13.2 Å². The van der Waals surface area contributed by atoms with E-state index in [9.17, 15) is 14.9 Å². The Hall–Kier alpha value is -2.48. The molecule has 0 unspecified atom stereocenters. The highest BCUT2D eigenvalue weighted by Crippen LogP contribution is 2.82. The van der Waals surface area contributed by atoms with Crippen LogP contribution < -0.4 is 5.73 Å². The van der Waals surface area contributed by atoms with E-state index in [0.29, 0.717) is 0 Å². The Morgan fingerprint density at radius 2 is 1.83 bits per heavy atom. The van der Waals surface area contributed by atoms with Crippen LogP contribution >= 0.6 is 0 Å². The lowest BCUT2D eigenvalue weighted by Crippen LogP contribution is -2.43. The van der Waals surface area contributed by atoms with Crippen LogP contribution in [0.3, 0.4) is 0 Å². The summed E-state index contributed by atoms with van der Waals surface area (Å²) in [6, 6.07) is 10.3. The maximum atomic E-state index is 14.4. The van der Waals surface area contributed by atoms with Crippen molar-refractivity contribution in [3.63, 3.8) is 0 Å². The van der Waals surface area contributed by atoms with Crippen molar-refractivity contribution in [3.05, 3.63) is 35.6 Å². The number of hydrogen-bond donors (Lipinski definition) is 1. The first-order valence-electron chi connectivity index (χ1n) is 7.72. The van der Waals surface area contributed by atoms with Gasteiger partial charge in [-0.05, 0) is 25.5 Å². The van der Waals surface area contributed by atoms with Crippen LogP contribution in [-0.4, -0.2) is 25.0 Å². The van der Waals surface area contributed by atoms with Gasteiger partial charge in [-0.1, -0.05) is 18.2 Å². The topological polar surface area (TPSA) is 104 Å². The summed E-state index contributed by atoms with van der Waals surface area (Å²) in [5.74, 6) is -3.08. The molecule has 0 amide bonds. The zero-order valence-electron chi connectivity index (χ0n) is 13.4. The van der Waals surface area contributed by atoms with E-state index in [2.05, 4.69) is 17.1 Å². The lowest BCUT2D eigenvalue weighted by molar-refractivity contribution is -0.255. The lowest BCUT2D eigenvalue weighted by atomic mass is 9.93. The van der Waals surface area contributed by atoms with Crippen LogP contribution in [-0.2, 0) is 9.47 Å². The van der Waals surface area contributed by atoms with E-state index >= 15 is 0 Å². The number of aliphatic imine (C=N–C) groups is 1. The first-order chi connectivity index (χ1) is 11.5. The van der Waals surface area contributed by atoms with Crippen molar-refractivity contribution in [2.45, 2.75) is 25.7 Å². The number of halogens is 1. The predicted octanol–water partition coefficient (Wildman–Crippen LogP) is 2.04. The molecule has 2 N–H and O–H groups in total. The number of benzene rings is 1. The van der Waals surface area contributed by atoms with Crippen molar-refractivity contribution in [3.8, 4) is 12.1 Å². The molecule has 0 spiro atoms. The second-order valence-electron chi connectivity index (χ2n) is 5.74. The highest BCUT2D eigenvalue weighted by Gasteiger charge is 2.94. The number of fused-ring (bicyclic) bond motifs is 1. The number of nitrogens with two attached hydrogens (primary N) is 1. The first-order valence-corrected chi connectivity index (χ1v) is 7.72. The van der Waals surface area contributed by atoms with Gasteiger partial charge in [0, 0.05) is 19.1 Å². The van der Waals surface area contributed by atoms with Gasteiger partial charge in [-0.2, -0.15) is 10.5 Å². The minimum atomic E-state index is -1.71. The average molecular weight is 328 g/mol. The maximum Gasteiger partial charge on any atom is 0.293 e. The molecule has 1 fully saturated rings. The molecule has 124 valence electrons. The van der Waals surface area contributed by atoms with Crippen molar-refractivity contribution in [2.24, 2.45) is 21.6 Å². The Kier molecular flexibility index (Phi) is 3.60. The van der Waals surface area contributed by atoms with Gasteiger partial charge in [-0.25, -0.2) is 9.38 Å². The van der Waals surface area contributed by atoms with Crippen LogP contribution in [0.2, 0.25) is 0 Å². The smallest absolute Gasteiger partial charge is 0.293 e. The van der Waals surface area contributed by atoms with Crippen molar-refractivity contribution < 1.29 is 13.9 Å². The largest absolute Gasteiger partial charge is 0.386 e. The zero-order valence-corrected chi connectivity index (χ0v) is 13.4. The number of ether oxygens (including phenoxy) is 2. The number of nitriles is 2. The summed E-state index contributed by atoms with van der Waals surface area (Å²) in [5.41, 5.74) is 3.29. The number of hydrogen-bond acceptors (Lipinski definition) is 6. The van der Waals surface area contributed by atoms with E-state index in [1.807, 2.05) is 0 Å². The van der Waals surface area contributed by atoms with Crippen molar-refractivity contribution in [1.82, 2.24) is 0 Å². The molecule has 0 bridgehead atoms. The summed E-state index contributed by atoms with van der Waals surface area (Å²) in [6.45, 7) is 3.85. The van der Waals surface area contributed by atoms with Crippen LogP contribution in [0.1, 0.15) is 25.3 Å². The molecule has 2 aliphatic rings. The lowest BCUT2D eigenvalue weighted by Gasteiger charge is -2.31. The van der Waals surface area contributed by atoms with Gasteiger partial charge < -0.3 is 15.2 Å². The summed E-state index contributed by atoms with van der Waals surface area (Å²) < 4.78 is 25.7. The molecule has 1 saturated carbocycles. The summed E-state index contributed by atoms with van der Waals surface area (Å²) in [7, 11) is 0. The van der Waals surface area contributed by atoms with Gasteiger partial charge in [0.1, 0.15) is 17.1 Å². The van der Waals surface area contributed by atoms with Crippen molar-refractivity contribution >= 4 is 5.84 Å². The van der Waals surface area contributed by atoms with E-state index in [1.165, 1.54) is 6.07 Å². The number of amidine groups is 1. The third-order valence-electron chi connectivity index (χ3n) is 4.82. The molecule has 3 atom stereocenters. The Morgan fingerprint density at radius 1 is 1.21 bits per heavy atom. The van der Waals surface area contributed by atoms with Crippen LogP contribution in [0.4, 0.5) is 4.39 Å². The first kappa shape index (κ1) is 16.4. The molecule has 1 heterocycles. The molecule has 0 aromatic heterocycles. The van der Waals surface area contributed by atoms with E-state index in [-0.39, 0.29) is 24.6 Å². The van der Waals surface area contributed by atoms with Gasteiger partial charge in [0.05, 0.1) is 12.1 Å². The highest BCUT2D eigenvalue weighted by molar-refractivity contribution is 6.00. The predicted molar refractivity (Wildman–Crippen MR) is 82.8 cm³/mol. The third-order valence-corrected chi connectivity index (χ3v) is 4.82. The van der Waals surface area contributed by atoms with Gasteiger partial charge in [0.2, 0.25) is 0 Å².